The Morgan fingerprint density at radius 2 is 1.70 bits per heavy atom. The standard InChI is InChI=1S/C20H17Cl2F5N2O/c21-15-9-14(10-16(22)18(15)24)19(20(25,26)27)11-17(29-30-19)13-3-1-12(2-4-13)5-7-28-8-6-23/h1-4,9-10,28H,5-8,11H2. The molecule has 3 nitrogen and oxygen atoms in total. The molecule has 1 N–H and O–H groups in total. The van der Waals surface area contributed by atoms with Crippen LogP contribution in [0, 0.1) is 5.82 Å². The number of rotatable bonds is 7. The van der Waals surface area contributed by atoms with Crippen LogP contribution >= 0.6 is 23.2 Å². The summed E-state index contributed by atoms with van der Waals surface area (Å²) in [6, 6.07) is 8.50. The van der Waals surface area contributed by atoms with Crippen molar-refractivity contribution in [1.82, 2.24) is 5.32 Å². The fourth-order valence-corrected chi connectivity index (χ4v) is 3.62. The molecule has 0 amide bonds. The van der Waals surface area contributed by atoms with Crippen molar-refractivity contribution in [1.29, 1.82) is 0 Å². The Labute approximate surface area is 179 Å². The van der Waals surface area contributed by atoms with Gasteiger partial charge in [-0.15, -0.1) is 0 Å². The van der Waals surface area contributed by atoms with E-state index in [0.29, 0.717) is 18.5 Å². The van der Waals surface area contributed by atoms with Gasteiger partial charge in [0.1, 0.15) is 6.67 Å². The Morgan fingerprint density at radius 3 is 2.27 bits per heavy atom. The van der Waals surface area contributed by atoms with E-state index in [4.69, 9.17) is 28.0 Å². The number of halogens is 7. The van der Waals surface area contributed by atoms with E-state index in [9.17, 15) is 22.0 Å². The molecule has 0 fully saturated rings. The SMILES string of the molecule is FCCNCCc1ccc(C2=NOC(c3cc(Cl)c(F)c(Cl)c3)(C(F)(F)F)C2)cc1. The van der Waals surface area contributed by atoms with Gasteiger partial charge >= 0.3 is 6.18 Å². The summed E-state index contributed by atoms with van der Waals surface area (Å²) in [6.45, 7) is 0.393. The van der Waals surface area contributed by atoms with Crippen LogP contribution in [0.25, 0.3) is 0 Å². The Balaban J connectivity index is 1.82. The third kappa shape index (κ3) is 4.55. The van der Waals surface area contributed by atoms with Gasteiger partial charge in [-0.3, -0.25) is 0 Å². The van der Waals surface area contributed by atoms with Gasteiger partial charge in [0.05, 0.1) is 15.8 Å². The van der Waals surface area contributed by atoms with Crippen molar-refractivity contribution in [3.8, 4) is 0 Å². The van der Waals surface area contributed by atoms with Crippen molar-refractivity contribution in [2.75, 3.05) is 19.8 Å². The average molecular weight is 467 g/mol. The largest absolute Gasteiger partial charge is 0.435 e. The molecule has 2 aromatic carbocycles. The van der Waals surface area contributed by atoms with Crippen LogP contribution in [0.1, 0.15) is 23.1 Å². The van der Waals surface area contributed by atoms with Crippen molar-refractivity contribution in [2.45, 2.75) is 24.6 Å². The first-order valence-corrected chi connectivity index (χ1v) is 9.76. The number of hydrogen-bond donors (Lipinski definition) is 1. The highest BCUT2D eigenvalue weighted by Gasteiger charge is 2.62. The number of hydrogen-bond acceptors (Lipinski definition) is 3. The average Bonchev–Trinajstić information content (AvgIpc) is 3.16. The Morgan fingerprint density at radius 1 is 1.07 bits per heavy atom. The summed E-state index contributed by atoms with van der Waals surface area (Å²) in [4.78, 5) is 4.91. The maximum Gasteiger partial charge on any atom is 0.435 e. The summed E-state index contributed by atoms with van der Waals surface area (Å²) in [5.41, 5.74) is -1.77. The number of oxime groups is 1. The second-order valence-electron chi connectivity index (χ2n) is 6.77. The smallest absolute Gasteiger partial charge is 0.374 e. The predicted octanol–water partition coefficient (Wildman–Crippen LogP) is 5.82. The third-order valence-electron chi connectivity index (χ3n) is 4.78. The zero-order chi connectivity index (χ0) is 21.9. The monoisotopic (exact) mass is 466 g/mol. The molecule has 1 atom stereocenters. The molecule has 1 heterocycles. The molecule has 30 heavy (non-hydrogen) atoms. The molecule has 0 bridgehead atoms. The fourth-order valence-electron chi connectivity index (χ4n) is 3.14. The van der Waals surface area contributed by atoms with E-state index < -0.39 is 46.3 Å². The topological polar surface area (TPSA) is 33.6 Å². The summed E-state index contributed by atoms with van der Waals surface area (Å²) in [7, 11) is 0. The van der Waals surface area contributed by atoms with E-state index in [1.54, 1.807) is 24.3 Å². The second kappa shape index (κ2) is 9.08. The highest BCUT2D eigenvalue weighted by atomic mass is 35.5. The van der Waals surface area contributed by atoms with E-state index in [-0.39, 0.29) is 12.3 Å². The molecule has 3 rings (SSSR count). The van der Waals surface area contributed by atoms with E-state index in [2.05, 4.69) is 10.5 Å². The molecule has 10 heteroatoms. The second-order valence-corrected chi connectivity index (χ2v) is 7.58. The summed E-state index contributed by atoms with van der Waals surface area (Å²) in [6.07, 6.45) is -4.83. The lowest BCUT2D eigenvalue weighted by Gasteiger charge is -2.29. The van der Waals surface area contributed by atoms with Gasteiger partial charge in [0, 0.05) is 18.5 Å². The minimum Gasteiger partial charge on any atom is -0.374 e. The highest BCUT2D eigenvalue weighted by Crippen LogP contribution is 2.50. The molecule has 0 spiro atoms. The normalized spacial score (nSPS) is 19.0. The van der Waals surface area contributed by atoms with Gasteiger partial charge in [-0.1, -0.05) is 52.6 Å². The van der Waals surface area contributed by atoms with Crippen LogP contribution in [0.2, 0.25) is 10.0 Å². The molecule has 0 saturated carbocycles. The van der Waals surface area contributed by atoms with Gasteiger partial charge in [-0.05, 0) is 36.2 Å². The van der Waals surface area contributed by atoms with Crippen molar-refractivity contribution in [3.05, 3.63) is 69.0 Å². The summed E-state index contributed by atoms with van der Waals surface area (Å²) >= 11 is 11.4. The first-order chi connectivity index (χ1) is 14.2. The Bertz CT molecular complexity index is 911. The van der Waals surface area contributed by atoms with Crippen molar-refractivity contribution >= 4 is 28.9 Å². The minimum atomic E-state index is -4.86. The van der Waals surface area contributed by atoms with Crippen LogP contribution in [0.5, 0.6) is 0 Å². The summed E-state index contributed by atoms with van der Waals surface area (Å²) in [5, 5.41) is 5.51. The fraction of sp³-hybridized carbons (Fsp3) is 0.350. The van der Waals surface area contributed by atoms with Gasteiger partial charge in [0.2, 0.25) is 0 Å². The maximum absolute atomic E-state index is 14.0. The van der Waals surface area contributed by atoms with Crippen LogP contribution in [-0.2, 0) is 16.9 Å². The molecule has 1 unspecified atom stereocenters. The van der Waals surface area contributed by atoms with Gasteiger partial charge in [-0.2, -0.15) is 13.2 Å². The molecular formula is C20H17Cl2F5N2O. The molecule has 2 aromatic rings. The quantitative estimate of drug-likeness (QED) is 0.317. The predicted molar refractivity (Wildman–Crippen MR) is 105 cm³/mol. The maximum atomic E-state index is 14.0. The molecule has 0 saturated heterocycles. The number of nitrogens with zero attached hydrogens (tertiary/aromatic N) is 1. The van der Waals surface area contributed by atoms with Crippen molar-refractivity contribution in [3.63, 3.8) is 0 Å². The lowest BCUT2D eigenvalue weighted by molar-refractivity contribution is -0.275. The van der Waals surface area contributed by atoms with Gasteiger partial charge in [0.25, 0.3) is 5.60 Å². The zero-order valence-electron chi connectivity index (χ0n) is 15.5. The van der Waals surface area contributed by atoms with Gasteiger partial charge in [-0.25, -0.2) is 8.78 Å². The molecule has 1 aliphatic rings. The van der Waals surface area contributed by atoms with E-state index in [1.165, 1.54) is 0 Å². The zero-order valence-corrected chi connectivity index (χ0v) is 17.0. The summed E-state index contributed by atoms with van der Waals surface area (Å²) < 4.78 is 67.8. The van der Waals surface area contributed by atoms with Crippen molar-refractivity contribution < 1.29 is 26.8 Å². The van der Waals surface area contributed by atoms with Crippen LogP contribution in [0.15, 0.2) is 41.6 Å². The molecule has 0 radical (unpaired) electrons. The van der Waals surface area contributed by atoms with Crippen LogP contribution in [0.3, 0.4) is 0 Å². The molecule has 1 aliphatic heterocycles. The highest BCUT2D eigenvalue weighted by molar-refractivity contribution is 6.35. The van der Waals surface area contributed by atoms with E-state index in [0.717, 1.165) is 17.7 Å². The lowest BCUT2D eigenvalue weighted by atomic mass is 9.86. The number of benzene rings is 2. The first kappa shape index (κ1) is 22.8. The Kier molecular flexibility index (Phi) is 6.89. The van der Waals surface area contributed by atoms with Crippen molar-refractivity contribution in [2.24, 2.45) is 5.16 Å². The van der Waals surface area contributed by atoms with Crippen LogP contribution in [0.4, 0.5) is 22.0 Å². The van der Waals surface area contributed by atoms with E-state index in [1.807, 2.05) is 0 Å². The molecule has 0 aromatic heterocycles. The minimum absolute atomic E-state index is 0.0889. The third-order valence-corrected chi connectivity index (χ3v) is 5.34. The summed E-state index contributed by atoms with van der Waals surface area (Å²) in [5.74, 6) is -1.00. The molecular weight excluding hydrogens is 450 g/mol. The molecule has 0 aliphatic carbocycles. The number of alkyl halides is 4. The van der Waals surface area contributed by atoms with Gasteiger partial charge < -0.3 is 10.2 Å². The number of nitrogens with one attached hydrogen (secondary N) is 1. The van der Waals surface area contributed by atoms with Crippen LogP contribution in [-0.4, -0.2) is 31.7 Å². The van der Waals surface area contributed by atoms with Crippen LogP contribution < -0.4 is 5.32 Å². The lowest BCUT2D eigenvalue weighted by Crippen LogP contribution is -2.42. The van der Waals surface area contributed by atoms with E-state index >= 15 is 0 Å². The van der Waals surface area contributed by atoms with Gasteiger partial charge in [0.15, 0.2) is 5.82 Å². The molecule has 162 valence electrons. The Hall–Kier alpha value is -1.90. The first-order valence-electron chi connectivity index (χ1n) is 9.01.